The third kappa shape index (κ3) is 4.29. The van der Waals surface area contributed by atoms with E-state index in [2.05, 4.69) is 26.3 Å². The van der Waals surface area contributed by atoms with E-state index in [0.717, 1.165) is 0 Å². The van der Waals surface area contributed by atoms with Crippen molar-refractivity contribution < 1.29 is 9.84 Å². The Morgan fingerprint density at radius 3 is 2.79 bits per heavy atom. The van der Waals surface area contributed by atoms with Gasteiger partial charge >= 0.3 is 0 Å². The fourth-order valence-corrected chi connectivity index (χ4v) is 1.95. The summed E-state index contributed by atoms with van der Waals surface area (Å²) in [6.45, 7) is 4.82. The summed E-state index contributed by atoms with van der Waals surface area (Å²) < 4.78 is 6.67. The minimum atomic E-state index is -0.220. The second-order valence-electron chi connectivity index (χ2n) is 4.57. The fourth-order valence-electron chi connectivity index (χ4n) is 1.53. The highest BCUT2D eigenvalue weighted by Crippen LogP contribution is 2.19. The van der Waals surface area contributed by atoms with Crippen LogP contribution in [0.15, 0.2) is 15.5 Å². The quantitative estimate of drug-likeness (QED) is 0.780. The molecule has 1 rings (SSSR count). The maximum absolute atomic E-state index is 12.0. The molecule has 0 saturated carbocycles. The summed E-state index contributed by atoms with van der Waals surface area (Å²) >= 11 is 3.27. The van der Waals surface area contributed by atoms with Crippen LogP contribution in [-0.2, 0) is 11.3 Å². The van der Waals surface area contributed by atoms with Crippen molar-refractivity contribution in [1.82, 2.24) is 9.78 Å². The summed E-state index contributed by atoms with van der Waals surface area (Å²) in [6.07, 6.45) is 1.58. The van der Waals surface area contributed by atoms with Crippen LogP contribution in [0.1, 0.15) is 13.8 Å². The fraction of sp³-hybridized carbons (Fsp3) is 0.667. The van der Waals surface area contributed by atoms with Gasteiger partial charge in [-0.1, -0.05) is 13.8 Å². The lowest BCUT2D eigenvalue weighted by Gasteiger charge is -2.21. The van der Waals surface area contributed by atoms with E-state index in [-0.39, 0.29) is 24.1 Å². The molecule has 1 unspecified atom stereocenters. The van der Waals surface area contributed by atoms with Crippen LogP contribution < -0.4 is 10.9 Å². The molecule has 108 valence electrons. The van der Waals surface area contributed by atoms with Crippen molar-refractivity contribution in [2.45, 2.75) is 26.4 Å². The molecule has 7 heteroatoms. The molecule has 19 heavy (non-hydrogen) atoms. The topological polar surface area (TPSA) is 76.4 Å². The van der Waals surface area contributed by atoms with E-state index < -0.39 is 0 Å². The zero-order valence-corrected chi connectivity index (χ0v) is 13.0. The van der Waals surface area contributed by atoms with E-state index in [4.69, 9.17) is 4.74 Å². The Morgan fingerprint density at radius 1 is 1.58 bits per heavy atom. The number of ether oxygens (including phenoxy) is 1. The number of halogens is 1. The van der Waals surface area contributed by atoms with E-state index >= 15 is 0 Å². The normalized spacial score (nSPS) is 12.7. The van der Waals surface area contributed by atoms with E-state index in [0.29, 0.717) is 23.3 Å². The lowest BCUT2D eigenvalue weighted by Crippen LogP contribution is -2.32. The number of aromatic nitrogens is 2. The summed E-state index contributed by atoms with van der Waals surface area (Å²) in [5.41, 5.74) is 0.369. The van der Waals surface area contributed by atoms with Crippen LogP contribution >= 0.6 is 15.9 Å². The Hall–Kier alpha value is -0.920. The van der Waals surface area contributed by atoms with Gasteiger partial charge < -0.3 is 15.2 Å². The summed E-state index contributed by atoms with van der Waals surface area (Å²) in [4.78, 5) is 12.0. The Morgan fingerprint density at radius 2 is 2.26 bits per heavy atom. The lowest BCUT2D eigenvalue weighted by atomic mass is 10.1. The van der Waals surface area contributed by atoms with Gasteiger partial charge in [0.25, 0.3) is 5.56 Å². The molecular formula is C12H20BrN3O3. The minimum Gasteiger partial charge on any atom is -0.394 e. The number of aliphatic hydroxyl groups is 1. The number of hydrogen-bond acceptors (Lipinski definition) is 5. The van der Waals surface area contributed by atoms with Crippen molar-refractivity contribution in [3.8, 4) is 0 Å². The average Bonchev–Trinajstić information content (AvgIpc) is 2.39. The molecule has 2 N–H and O–H groups in total. The Labute approximate surface area is 120 Å². The van der Waals surface area contributed by atoms with Gasteiger partial charge in [0.1, 0.15) is 4.47 Å². The maximum atomic E-state index is 12.0. The van der Waals surface area contributed by atoms with Crippen LogP contribution in [0.25, 0.3) is 0 Å². The largest absolute Gasteiger partial charge is 0.394 e. The van der Waals surface area contributed by atoms with Gasteiger partial charge in [-0.25, -0.2) is 4.68 Å². The molecule has 1 aromatic heterocycles. The van der Waals surface area contributed by atoms with Crippen LogP contribution in [-0.4, -0.2) is 41.3 Å². The van der Waals surface area contributed by atoms with Gasteiger partial charge in [0, 0.05) is 7.11 Å². The summed E-state index contributed by atoms with van der Waals surface area (Å²) in [5.74, 6) is 0.243. The standard InChI is InChI=1S/C12H20BrN3O3/c1-8(2)10(7-17)15-9-6-14-16(4-5-19-3)12(18)11(9)13/h6,8,10,15,17H,4-5,7H2,1-3H3. The number of aliphatic hydroxyl groups excluding tert-OH is 1. The van der Waals surface area contributed by atoms with Gasteiger partial charge in [0.05, 0.1) is 37.7 Å². The van der Waals surface area contributed by atoms with Gasteiger partial charge in [-0.3, -0.25) is 4.79 Å². The van der Waals surface area contributed by atoms with E-state index in [1.54, 1.807) is 13.3 Å². The average molecular weight is 334 g/mol. The van der Waals surface area contributed by atoms with E-state index in [1.165, 1.54) is 4.68 Å². The van der Waals surface area contributed by atoms with Gasteiger partial charge in [0.2, 0.25) is 0 Å². The van der Waals surface area contributed by atoms with Gasteiger partial charge in [-0.05, 0) is 21.8 Å². The molecule has 6 nitrogen and oxygen atoms in total. The third-order valence-electron chi connectivity index (χ3n) is 2.83. The zero-order chi connectivity index (χ0) is 14.4. The van der Waals surface area contributed by atoms with Crippen molar-refractivity contribution in [3.05, 3.63) is 21.0 Å². The number of nitrogens with zero attached hydrogens (tertiary/aromatic N) is 2. The third-order valence-corrected chi connectivity index (χ3v) is 3.60. The van der Waals surface area contributed by atoms with Crippen LogP contribution in [0.3, 0.4) is 0 Å². The van der Waals surface area contributed by atoms with Gasteiger partial charge in [0.15, 0.2) is 0 Å². The molecule has 0 bridgehead atoms. The predicted molar refractivity (Wildman–Crippen MR) is 77.4 cm³/mol. The molecule has 1 heterocycles. The molecule has 1 aromatic rings. The maximum Gasteiger partial charge on any atom is 0.283 e. The Kier molecular flexibility index (Phi) is 6.47. The number of hydrogen-bond donors (Lipinski definition) is 2. The summed E-state index contributed by atoms with van der Waals surface area (Å²) in [6, 6.07) is -0.118. The van der Waals surface area contributed by atoms with Crippen LogP contribution in [0, 0.1) is 5.92 Å². The number of nitrogens with one attached hydrogen (secondary N) is 1. The van der Waals surface area contributed by atoms with Gasteiger partial charge in [-0.2, -0.15) is 5.10 Å². The summed E-state index contributed by atoms with van der Waals surface area (Å²) in [7, 11) is 1.57. The second-order valence-corrected chi connectivity index (χ2v) is 5.36. The monoisotopic (exact) mass is 333 g/mol. The summed E-state index contributed by atoms with van der Waals surface area (Å²) in [5, 5.41) is 16.5. The van der Waals surface area contributed by atoms with Crippen molar-refractivity contribution in [2.24, 2.45) is 5.92 Å². The molecule has 0 aliphatic carbocycles. The predicted octanol–water partition coefficient (Wildman–Crippen LogP) is 1.08. The Bertz CT molecular complexity index is 462. The molecule has 0 saturated heterocycles. The Balaban J connectivity index is 2.93. The second kappa shape index (κ2) is 7.62. The SMILES string of the molecule is COCCn1ncc(NC(CO)C(C)C)c(Br)c1=O. The molecule has 0 aromatic carbocycles. The molecule has 0 aliphatic rings. The van der Waals surface area contributed by atoms with Crippen molar-refractivity contribution in [2.75, 3.05) is 25.6 Å². The van der Waals surface area contributed by atoms with Crippen molar-refractivity contribution in [3.63, 3.8) is 0 Å². The van der Waals surface area contributed by atoms with E-state index in [1.807, 2.05) is 13.8 Å². The van der Waals surface area contributed by atoms with Gasteiger partial charge in [-0.15, -0.1) is 0 Å². The van der Waals surface area contributed by atoms with Crippen molar-refractivity contribution in [1.29, 1.82) is 0 Å². The van der Waals surface area contributed by atoms with Crippen LogP contribution in [0.4, 0.5) is 5.69 Å². The van der Waals surface area contributed by atoms with Crippen LogP contribution in [0.5, 0.6) is 0 Å². The van der Waals surface area contributed by atoms with E-state index in [9.17, 15) is 9.90 Å². The number of methoxy groups -OCH3 is 1. The molecule has 0 radical (unpaired) electrons. The number of rotatable bonds is 7. The first kappa shape index (κ1) is 16.1. The highest BCUT2D eigenvalue weighted by molar-refractivity contribution is 9.10. The first-order valence-corrected chi connectivity index (χ1v) is 6.92. The zero-order valence-electron chi connectivity index (χ0n) is 11.4. The highest BCUT2D eigenvalue weighted by atomic mass is 79.9. The smallest absolute Gasteiger partial charge is 0.283 e. The molecule has 0 aliphatic heterocycles. The first-order valence-electron chi connectivity index (χ1n) is 6.13. The minimum absolute atomic E-state index is 0.00311. The highest BCUT2D eigenvalue weighted by Gasteiger charge is 2.15. The lowest BCUT2D eigenvalue weighted by molar-refractivity contribution is 0.181. The molecule has 1 atom stereocenters. The molecule has 0 amide bonds. The molecule has 0 fully saturated rings. The molecule has 0 spiro atoms. The van der Waals surface area contributed by atoms with Crippen LogP contribution in [0.2, 0.25) is 0 Å². The first-order chi connectivity index (χ1) is 9.01. The number of anilines is 1. The van der Waals surface area contributed by atoms with Crippen molar-refractivity contribution >= 4 is 21.6 Å². The molecular weight excluding hydrogens is 314 g/mol.